The van der Waals surface area contributed by atoms with Crippen LogP contribution in [0.3, 0.4) is 0 Å². The van der Waals surface area contributed by atoms with E-state index in [0.717, 1.165) is 6.07 Å². The molecule has 1 fully saturated rings. The average molecular weight is 386 g/mol. The first-order valence-corrected chi connectivity index (χ1v) is 8.44. The van der Waals surface area contributed by atoms with Gasteiger partial charge in [-0.3, -0.25) is 19.7 Å². The molecule has 0 bridgehead atoms. The van der Waals surface area contributed by atoms with Gasteiger partial charge in [-0.15, -0.1) is 0 Å². The fourth-order valence-electron chi connectivity index (χ4n) is 2.79. The highest BCUT2D eigenvalue weighted by atomic mass is 16.6. The number of nitrogens with one attached hydrogen (secondary N) is 1. The molecule has 11 heteroatoms. The van der Waals surface area contributed by atoms with Crippen LogP contribution in [0.2, 0.25) is 0 Å². The molecule has 1 saturated heterocycles. The molecule has 1 N–H and O–H groups in total. The van der Waals surface area contributed by atoms with E-state index < -0.39 is 16.7 Å². The highest BCUT2D eigenvalue weighted by molar-refractivity contribution is 6.39. The molecule has 1 aliphatic heterocycles. The lowest BCUT2D eigenvalue weighted by molar-refractivity contribution is -0.384. The summed E-state index contributed by atoms with van der Waals surface area (Å²) in [6.45, 7) is 1.64. The molecule has 2 amide bonds. The second kappa shape index (κ2) is 8.29. The molecule has 2 heterocycles. The fraction of sp³-hybridized carbons (Fsp3) is 0.294. The van der Waals surface area contributed by atoms with E-state index in [-0.39, 0.29) is 17.1 Å². The first-order valence-electron chi connectivity index (χ1n) is 8.44. The third-order valence-corrected chi connectivity index (χ3v) is 4.24. The second-order valence-corrected chi connectivity index (χ2v) is 5.92. The number of carbonyl (C=O) groups excluding carboxylic acids is 2. The predicted octanol–water partition coefficient (Wildman–Crippen LogP) is 0.681. The maximum atomic E-state index is 12.5. The minimum absolute atomic E-state index is 0.0615. The van der Waals surface area contributed by atoms with Crippen molar-refractivity contribution in [3.05, 3.63) is 46.8 Å². The van der Waals surface area contributed by atoms with Crippen molar-refractivity contribution in [3.63, 3.8) is 0 Å². The molecule has 2 aromatic rings. The maximum Gasteiger partial charge on any atom is 0.314 e. The number of rotatable bonds is 4. The number of methoxy groups -OCH3 is 1. The highest BCUT2D eigenvalue weighted by Crippen LogP contribution is 2.28. The molecule has 11 nitrogen and oxygen atoms in total. The number of nitro benzene ring substituents is 1. The largest absolute Gasteiger partial charge is 0.495 e. The number of non-ortho nitro benzene ring substituents is 1. The van der Waals surface area contributed by atoms with Crippen LogP contribution in [0.1, 0.15) is 0 Å². The van der Waals surface area contributed by atoms with Gasteiger partial charge in [-0.2, -0.15) is 0 Å². The third-order valence-electron chi connectivity index (χ3n) is 4.24. The van der Waals surface area contributed by atoms with Crippen LogP contribution in [0, 0.1) is 10.1 Å². The molecule has 3 rings (SSSR count). The number of hydrogen-bond acceptors (Lipinski definition) is 8. The minimum atomic E-state index is -0.886. The zero-order chi connectivity index (χ0) is 20.1. The van der Waals surface area contributed by atoms with E-state index in [1.165, 1.54) is 24.1 Å². The van der Waals surface area contributed by atoms with Crippen LogP contribution in [0.15, 0.2) is 36.7 Å². The third kappa shape index (κ3) is 4.14. The molecule has 0 spiro atoms. The Labute approximate surface area is 160 Å². The molecular formula is C17H18N6O5. The van der Waals surface area contributed by atoms with Crippen molar-refractivity contribution >= 4 is 29.1 Å². The van der Waals surface area contributed by atoms with E-state index in [1.54, 1.807) is 18.5 Å². The Bertz CT molecular complexity index is 883. The van der Waals surface area contributed by atoms with Gasteiger partial charge in [0.2, 0.25) is 5.95 Å². The van der Waals surface area contributed by atoms with Crippen molar-refractivity contribution in [1.82, 2.24) is 14.9 Å². The van der Waals surface area contributed by atoms with Crippen molar-refractivity contribution in [1.29, 1.82) is 0 Å². The van der Waals surface area contributed by atoms with Crippen molar-refractivity contribution in [2.45, 2.75) is 0 Å². The number of carbonyl (C=O) groups is 2. The quantitative estimate of drug-likeness (QED) is 0.461. The lowest BCUT2D eigenvalue weighted by Gasteiger charge is -2.34. The number of aromatic nitrogens is 2. The summed E-state index contributed by atoms with van der Waals surface area (Å²) >= 11 is 0. The van der Waals surface area contributed by atoms with Crippen LogP contribution in [0.25, 0.3) is 0 Å². The van der Waals surface area contributed by atoms with Gasteiger partial charge in [0.15, 0.2) is 0 Å². The molecular weight excluding hydrogens is 368 g/mol. The predicted molar refractivity (Wildman–Crippen MR) is 99.1 cm³/mol. The molecule has 0 radical (unpaired) electrons. The number of anilines is 2. The van der Waals surface area contributed by atoms with E-state index in [9.17, 15) is 19.7 Å². The zero-order valence-electron chi connectivity index (χ0n) is 15.1. The number of nitro groups is 1. The SMILES string of the molecule is COc1ccc([N+](=O)[O-])cc1NC(=O)C(=O)N1CCN(c2ncccn2)CC1. The summed E-state index contributed by atoms with van der Waals surface area (Å²) in [5.41, 5.74) is -0.161. The van der Waals surface area contributed by atoms with Gasteiger partial charge < -0.3 is 19.9 Å². The van der Waals surface area contributed by atoms with Gasteiger partial charge in [0.25, 0.3) is 5.69 Å². The monoisotopic (exact) mass is 386 g/mol. The maximum absolute atomic E-state index is 12.5. The second-order valence-electron chi connectivity index (χ2n) is 5.92. The Hall–Kier alpha value is -3.76. The Kier molecular flexibility index (Phi) is 5.63. The van der Waals surface area contributed by atoms with Gasteiger partial charge in [0.1, 0.15) is 5.75 Å². The summed E-state index contributed by atoms with van der Waals surface area (Å²) in [5, 5.41) is 13.3. The molecule has 0 atom stereocenters. The number of nitrogens with zero attached hydrogens (tertiary/aromatic N) is 5. The van der Waals surface area contributed by atoms with E-state index in [0.29, 0.717) is 32.1 Å². The Morgan fingerprint density at radius 2 is 1.86 bits per heavy atom. The standard InChI is InChI=1S/C17H18N6O5/c1-28-14-4-3-12(23(26)27)11-13(14)20-15(24)16(25)21-7-9-22(10-8-21)17-18-5-2-6-19-17/h2-6,11H,7-10H2,1H3,(H,20,24). The molecule has 1 aliphatic rings. The summed E-state index contributed by atoms with van der Waals surface area (Å²) in [5.74, 6) is -0.816. The molecule has 0 aliphatic carbocycles. The van der Waals surface area contributed by atoms with Gasteiger partial charge >= 0.3 is 11.8 Å². The van der Waals surface area contributed by atoms with Crippen LogP contribution in [-0.2, 0) is 9.59 Å². The number of amides is 2. The Morgan fingerprint density at radius 3 is 2.46 bits per heavy atom. The zero-order valence-corrected chi connectivity index (χ0v) is 15.1. The molecule has 1 aromatic heterocycles. The van der Waals surface area contributed by atoms with Gasteiger partial charge in [-0.1, -0.05) is 0 Å². The minimum Gasteiger partial charge on any atom is -0.495 e. The Balaban J connectivity index is 1.63. The van der Waals surface area contributed by atoms with E-state index in [2.05, 4.69) is 15.3 Å². The molecule has 1 aromatic carbocycles. The average Bonchev–Trinajstić information content (AvgIpc) is 2.73. The van der Waals surface area contributed by atoms with Gasteiger partial charge in [-0.05, 0) is 12.1 Å². The fourth-order valence-corrected chi connectivity index (χ4v) is 2.79. The van der Waals surface area contributed by atoms with Crippen molar-refractivity contribution in [2.75, 3.05) is 43.5 Å². The lowest BCUT2D eigenvalue weighted by Crippen LogP contribution is -2.52. The van der Waals surface area contributed by atoms with E-state index >= 15 is 0 Å². The summed E-state index contributed by atoms with van der Waals surface area (Å²) < 4.78 is 5.09. The van der Waals surface area contributed by atoms with Gasteiger partial charge in [-0.25, -0.2) is 9.97 Å². The summed E-state index contributed by atoms with van der Waals surface area (Å²) in [7, 11) is 1.36. The molecule has 0 unspecified atom stereocenters. The van der Waals surface area contributed by atoms with Gasteiger partial charge in [0.05, 0.1) is 17.7 Å². The van der Waals surface area contributed by atoms with Crippen molar-refractivity contribution in [3.8, 4) is 5.75 Å². The smallest absolute Gasteiger partial charge is 0.314 e. The summed E-state index contributed by atoms with van der Waals surface area (Å²) in [6, 6.07) is 5.47. The number of benzene rings is 1. The first kappa shape index (κ1) is 19.0. The Morgan fingerprint density at radius 1 is 1.18 bits per heavy atom. The highest BCUT2D eigenvalue weighted by Gasteiger charge is 2.27. The number of hydrogen-bond donors (Lipinski definition) is 1. The molecule has 0 saturated carbocycles. The van der Waals surface area contributed by atoms with Crippen molar-refractivity contribution in [2.24, 2.45) is 0 Å². The van der Waals surface area contributed by atoms with Crippen LogP contribution >= 0.6 is 0 Å². The van der Waals surface area contributed by atoms with E-state index in [4.69, 9.17) is 4.74 Å². The topological polar surface area (TPSA) is 131 Å². The van der Waals surface area contributed by atoms with E-state index in [1.807, 2.05) is 4.90 Å². The molecule has 146 valence electrons. The molecule has 28 heavy (non-hydrogen) atoms. The summed E-state index contributed by atoms with van der Waals surface area (Å²) in [4.78, 5) is 46.8. The first-order chi connectivity index (χ1) is 13.5. The van der Waals surface area contributed by atoms with Crippen molar-refractivity contribution < 1.29 is 19.2 Å². The number of ether oxygens (including phenoxy) is 1. The normalized spacial score (nSPS) is 13.8. The summed E-state index contributed by atoms with van der Waals surface area (Å²) in [6.07, 6.45) is 3.28. The van der Waals surface area contributed by atoms with Crippen LogP contribution in [-0.4, -0.2) is 64.9 Å². The lowest BCUT2D eigenvalue weighted by atomic mass is 10.2. The van der Waals surface area contributed by atoms with Crippen LogP contribution in [0.4, 0.5) is 17.3 Å². The number of piperazine rings is 1. The van der Waals surface area contributed by atoms with Crippen LogP contribution in [0.5, 0.6) is 5.75 Å². The van der Waals surface area contributed by atoms with Crippen LogP contribution < -0.4 is 15.0 Å². The van der Waals surface area contributed by atoms with Gasteiger partial charge in [0, 0.05) is 50.7 Å².